The van der Waals surface area contributed by atoms with Crippen molar-refractivity contribution < 1.29 is 103 Å². The molecule has 4 rings (SSSR count). The van der Waals surface area contributed by atoms with E-state index in [2.05, 4.69) is 23.1 Å². The maximum Gasteiger partial charge on any atom is 0.573 e. The first-order chi connectivity index (χ1) is 27.5. The zero-order valence-corrected chi connectivity index (χ0v) is 32.4. The van der Waals surface area contributed by atoms with Crippen LogP contribution in [0.25, 0.3) is 0 Å². The van der Waals surface area contributed by atoms with Gasteiger partial charge in [0, 0.05) is 29.8 Å². The van der Waals surface area contributed by atoms with Crippen molar-refractivity contribution in [2.75, 3.05) is 0 Å². The fourth-order valence-corrected chi connectivity index (χ4v) is 4.63. The number of nitrogens with two attached hydrogens (primary N) is 1. The summed E-state index contributed by atoms with van der Waals surface area (Å²) < 4.78 is 216. The number of alkyl halides is 15. The second kappa shape index (κ2) is 21.8. The minimum atomic E-state index is -5.97. The number of ether oxygens (including phenoxy) is 4. The van der Waals surface area contributed by atoms with E-state index in [-0.39, 0.29) is 38.7 Å². The van der Waals surface area contributed by atoms with Crippen LogP contribution in [0.3, 0.4) is 0 Å². The third-order valence-electron chi connectivity index (χ3n) is 5.55. The number of rotatable bonds is 7. The van der Waals surface area contributed by atoms with Gasteiger partial charge >= 0.3 is 41.1 Å². The average molecular weight is 1000 g/mol. The second-order valence-corrected chi connectivity index (χ2v) is 13.3. The van der Waals surface area contributed by atoms with Gasteiger partial charge in [-0.1, -0.05) is 52.5 Å². The molecular formula is C31H17Cl4F15N2O8S. The molecule has 10 nitrogen and oxygen atoms in total. The summed E-state index contributed by atoms with van der Waals surface area (Å²) in [6.45, 7) is 0.172. The van der Waals surface area contributed by atoms with Crippen molar-refractivity contribution >= 4 is 56.5 Å². The minimum Gasteiger partial charge on any atom is -0.506 e. The highest BCUT2D eigenvalue weighted by Gasteiger charge is 2.49. The number of benzene rings is 4. The number of phenols is 1. The fourth-order valence-electron chi connectivity index (χ4n) is 3.27. The molecule has 0 aromatic heterocycles. The van der Waals surface area contributed by atoms with Crippen molar-refractivity contribution in [2.45, 2.75) is 37.5 Å². The number of nitriles is 1. The maximum absolute atomic E-state index is 12.0. The summed E-state index contributed by atoms with van der Waals surface area (Å²) in [4.78, 5) is 0. The number of nitrogens with zero attached hydrogens (tertiary/aromatic N) is 1. The highest BCUT2D eigenvalue weighted by atomic mass is 35.5. The van der Waals surface area contributed by atoms with Crippen LogP contribution in [0.1, 0.15) is 11.1 Å². The highest BCUT2D eigenvalue weighted by molar-refractivity contribution is 7.88. The Morgan fingerprint density at radius 3 is 1.25 bits per heavy atom. The van der Waals surface area contributed by atoms with Crippen molar-refractivity contribution in [1.82, 2.24) is 0 Å². The normalized spacial score (nSPS) is 11.9. The molecule has 0 spiro atoms. The van der Waals surface area contributed by atoms with E-state index in [0.717, 1.165) is 42.5 Å². The number of halogens is 19. The molecule has 0 aliphatic heterocycles. The van der Waals surface area contributed by atoms with E-state index >= 15 is 0 Å². The molecule has 0 unspecified atom stereocenters. The van der Waals surface area contributed by atoms with E-state index < -0.39 is 69.1 Å². The van der Waals surface area contributed by atoms with Gasteiger partial charge in [0.2, 0.25) is 0 Å². The fraction of sp³-hybridized carbons (Fsp3) is 0.194. The van der Waals surface area contributed by atoms with Crippen LogP contribution in [0.2, 0.25) is 20.1 Å². The van der Waals surface area contributed by atoms with Crippen LogP contribution in [0.5, 0.6) is 34.5 Å². The lowest BCUT2D eigenvalue weighted by molar-refractivity contribution is -0.275. The van der Waals surface area contributed by atoms with Gasteiger partial charge in [0.05, 0.1) is 20.6 Å². The summed E-state index contributed by atoms with van der Waals surface area (Å²) in [6, 6.07) is 12.8. The minimum absolute atomic E-state index is 0.0748. The summed E-state index contributed by atoms with van der Waals surface area (Å²) >= 11 is 21.8. The van der Waals surface area contributed by atoms with Crippen molar-refractivity contribution in [2.24, 2.45) is 5.73 Å². The molecule has 0 atom stereocenters. The molecule has 0 saturated carbocycles. The largest absolute Gasteiger partial charge is 0.573 e. The molecule has 4 aromatic carbocycles. The number of aromatic hydroxyl groups is 1. The maximum atomic E-state index is 12.0. The lowest BCUT2D eigenvalue weighted by Crippen LogP contribution is -2.28. The molecule has 61 heavy (non-hydrogen) atoms. The van der Waals surface area contributed by atoms with Crippen LogP contribution in [-0.2, 0) is 16.7 Å². The van der Waals surface area contributed by atoms with Crippen LogP contribution < -0.4 is 28.9 Å². The number of hydrogen-bond donors (Lipinski definition) is 2. The molecule has 4 aromatic rings. The Labute approximate surface area is 351 Å². The first-order valence-corrected chi connectivity index (χ1v) is 17.5. The Balaban J connectivity index is 0.000000413. The Bertz CT molecular complexity index is 2230. The van der Waals surface area contributed by atoms with E-state index in [4.69, 9.17) is 62.5 Å². The second-order valence-electron chi connectivity index (χ2n) is 10.1. The smallest absolute Gasteiger partial charge is 0.506 e. The Hall–Kier alpha value is -4.81. The quantitative estimate of drug-likeness (QED) is 0.104. The molecule has 0 aliphatic rings. The molecule has 0 aliphatic carbocycles. The van der Waals surface area contributed by atoms with Gasteiger partial charge in [-0.3, -0.25) is 0 Å². The third-order valence-corrected chi connectivity index (χ3v) is 7.77. The van der Waals surface area contributed by atoms with Gasteiger partial charge in [0.1, 0.15) is 34.8 Å². The topological polar surface area (TPSA) is 150 Å². The molecular weight excluding hydrogens is 987 g/mol. The van der Waals surface area contributed by atoms with E-state index in [0.29, 0.717) is 23.8 Å². The van der Waals surface area contributed by atoms with E-state index in [1.165, 1.54) is 12.1 Å². The van der Waals surface area contributed by atoms with E-state index in [1.807, 2.05) is 0 Å². The third kappa shape index (κ3) is 21.5. The first-order valence-electron chi connectivity index (χ1n) is 14.5. The summed E-state index contributed by atoms with van der Waals surface area (Å²) in [5.41, 5.74) is 0.252. The lowest BCUT2D eigenvalue weighted by atomic mass is 10.2. The zero-order chi connectivity index (χ0) is 47.4. The zero-order valence-electron chi connectivity index (χ0n) is 28.6. The van der Waals surface area contributed by atoms with Gasteiger partial charge < -0.3 is 34.0 Å². The molecule has 0 heterocycles. The van der Waals surface area contributed by atoms with Crippen molar-refractivity contribution in [3.05, 3.63) is 104 Å². The van der Waals surface area contributed by atoms with E-state index in [9.17, 15) is 74.3 Å². The molecule has 338 valence electrons. The standard InChI is InChI=1S/C8H3ClF6O4S.C8H7ClF3NO.C8H3ClF3NO.C7H4ClF3O2/c9-5-3-4(18-7(10,11)12)1-2-6(5)19-20(16,17)8(13,14)15;2*9-7-3-6(14-8(10,11)12)2-1-5(7)4-13;8-5-3-4(1-2-6(5)12)13-7(9,10)11/h1-3H;1-3H,4,13H2;1-3H;1-3,12H. The van der Waals surface area contributed by atoms with Crippen molar-refractivity contribution in [3.8, 4) is 40.6 Å². The van der Waals surface area contributed by atoms with Gasteiger partial charge in [-0.15, -0.1) is 52.7 Å². The Morgan fingerprint density at radius 2 is 0.918 bits per heavy atom. The van der Waals surface area contributed by atoms with Crippen LogP contribution in [0.4, 0.5) is 65.9 Å². The van der Waals surface area contributed by atoms with Gasteiger partial charge in [0.25, 0.3) is 0 Å². The van der Waals surface area contributed by atoms with Gasteiger partial charge in [-0.25, -0.2) is 0 Å². The van der Waals surface area contributed by atoms with Crippen LogP contribution >= 0.6 is 46.4 Å². The molecule has 0 bridgehead atoms. The highest BCUT2D eigenvalue weighted by Crippen LogP contribution is 2.36. The molecule has 3 N–H and O–H groups in total. The Kier molecular flexibility index (Phi) is 19.4. The predicted octanol–water partition coefficient (Wildman–Crippen LogP) is 12.2. The number of phenolic OH excluding ortho intramolecular Hbond substituents is 1. The van der Waals surface area contributed by atoms with Gasteiger partial charge in [0.15, 0.2) is 5.75 Å². The molecule has 0 fully saturated rings. The van der Waals surface area contributed by atoms with Crippen LogP contribution in [-0.4, -0.2) is 44.5 Å². The number of hydrogen-bond acceptors (Lipinski definition) is 10. The van der Waals surface area contributed by atoms with Crippen molar-refractivity contribution in [3.63, 3.8) is 0 Å². The average Bonchev–Trinajstić information content (AvgIpc) is 3.05. The summed E-state index contributed by atoms with van der Waals surface area (Å²) in [7, 11) is -5.97. The molecule has 0 radical (unpaired) electrons. The monoisotopic (exact) mass is 1000 g/mol. The molecule has 30 heteroatoms. The van der Waals surface area contributed by atoms with Crippen LogP contribution in [0.15, 0.2) is 72.8 Å². The SMILES string of the molecule is N#Cc1ccc(OC(F)(F)F)cc1Cl.NCc1ccc(OC(F)(F)F)cc1Cl.O=S(=O)(Oc1ccc(OC(F)(F)F)cc1Cl)C(F)(F)F.Oc1ccc(OC(F)(F)F)cc1Cl. The van der Waals surface area contributed by atoms with Crippen molar-refractivity contribution in [1.29, 1.82) is 5.26 Å². The Morgan fingerprint density at radius 1 is 0.557 bits per heavy atom. The van der Waals surface area contributed by atoms with Crippen LogP contribution in [0, 0.1) is 11.3 Å². The molecule has 0 saturated heterocycles. The van der Waals surface area contributed by atoms with Gasteiger partial charge in [-0.2, -0.15) is 26.9 Å². The first kappa shape index (κ1) is 54.2. The summed E-state index contributed by atoms with van der Waals surface area (Å²) in [5.74, 6) is -3.38. The summed E-state index contributed by atoms with van der Waals surface area (Å²) in [5, 5.41) is 16.4. The molecule has 0 amide bonds. The summed E-state index contributed by atoms with van der Waals surface area (Å²) in [6.07, 6.45) is -19.2. The predicted molar refractivity (Wildman–Crippen MR) is 182 cm³/mol. The lowest BCUT2D eigenvalue weighted by Gasteiger charge is -2.12. The van der Waals surface area contributed by atoms with E-state index in [1.54, 1.807) is 6.07 Å². The van der Waals surface area contributed by atoms with Gasteiger partial charge in [-0.05, 0) is 54.1 Å².